The second-order valence-corrected chi connectivity index (χ2v) is 7.10. The van der Waals surface area contributed by atoms with Crippen molar-refractivity contribution in [2.75, 3.05) is 11.9 Å². The molecular formula is C21H16Cl2FN5O. The van der Waals surface area contributed by atoms with E-state index in [-0.39, 0.29) is 5.82 Å². The monoisotopic (exact) mass is 443 g/mol. The van der Waals surface area contributed by atoms with E-state index in [2.05, 4.69) is 25.3 Å². The maximum absolute atomic E-state index is 13.1. The number of aromatic nitrogens is 4. The van der Waals surface area contributed by atoms with Crippen LogP contribution in [0.1, 0.15) is 12.5 Å². The molecule has 2 aromatic carbocycles. The summed E-state index contributed by atoms with van der Waals surface area (Å²) in [7, 11) is 0. The van der Waals surface area contributed by atoms with Crippen molar-refractivity contribution in [2.45, 2.75) is 13.5 Å². The first-order valence-electron chi connectivity index (χ1n) is 9.15. The van der Waals surface area contributed by atoms with Crippen LogP contribution in [0.4, 0.5) is 10.3 Å². The molecular weight excluding hydrogens is 428 g/mol. The van der Waals surface area contributed by atoms with Gasteiger partial charge in [-0.05, 0) is 36.8 Å². The van der Waals surface area contributed by atoms with Gasteiger partial charge in [0.05, 0.1) is 28.5 Å². The van der Waals surface area contributed by atoms with Crippen molar-refractivity contribution in [2.24, 2.45) is 0 Å². The molecule has 0 unspecified atom stereocenters. The Morgan fingerprint density at radius 3 is 2.43 bits per heavy atom. The van der Waals surface area contributed by atoms with Crippen LogP contribution in [0.15, 0.2) is 48.7 Å². The molecule has 0 aliphatic heterocycles. The topological polar surface area (TPSA) is 72.8 Å². The van der Waals surface area contributed by atoms with Gasteiger partial charge in [-0.2, -0.15) is 9.97 Å². The molecule has 0 spiro atoms. The van der Waals surface area contributed by atoms with Crippen LogP contribution in [0.2, 0.25) is 10.0 Å². The highest BCUT2D eigenvalue weighted by molar-refractivity contribution is 6.39. The van der Waals surface area contributed by atoms with Gasteiger partial charge in [-0.25, -0.2) is 14.4 Å². The maximum Gasteiger partial charge on any atom is 0.247 e. The van der Waals surface area contributed by atoms with Gasteiger partial charge in [0.25, 0.3) is 0 Å². The summed E-state index contributed by atoms with van der Waals surface area (Å²) in [5.74, 6) is 0.332. The normalized spacial score (nSPS) is 10.9. The van der Waals surface area contributed by atoms with Gasteiger partial charge in [0.1, 0.15) is 5.82 Å². The quantitative estimate of drug-likeness (QED) is 0.421. The lowest BCUT2D eigenvalue weighted by Gasteiger charge is -2.11. The van der Waals surface area contributed by atoms with Crippen molar-refractivity contribution in [3.05, 3.63) is 70.1 Å². The number of benzene rings is 2. The zero-order chi connectivity index (χ0) is 21.1. The number of anilines is 1. The van der Waals surface area contributed by atoms with Gasteiger partial charge >= 0.3 is 0 Å². The third kappa shape index (κ3) is 4.27. The Morgan fingerprint density at radius 1 is 1.00 bits per heavy atom. The van der Waals surface area contributed by atoms with Gasteiger partial charge in [-0.1, -0.05) is 41.4 Å². The minimum atomic E-state index is -0.288. The van der Waals surface area contributed by atoms with E-state index in [1.807, 2.05) is 6.92 Å². The summed E-state index contributed by atoms with van der Waals surface area (Å²) in [4.78, 5) is 17.8. The summed E-state index contributed by atoms with van der Waals surface area (Å²) in [5.41, 5.74) is 2.72. The van der Waals surface area contributed by atoms with Crippen LogP contribution in [0.25, 0.3) is 22.4 Å². The lowest BCUT2D eigenvalue weighted by Crippen LogP contribution is -2.07. The molecule has 9 heteroatoms. The summed E-state index contributed by atoms with van der Waals surface area (Å²) in [6.07, 6.45) is 1.56. The molecule has 2 aromatic heterocycles. The summed E-state index contributed by atoms with van der Waals surface area (Å²) < 4.78 is 18.7. The number of halogens is 3. The predicted molar refractivity (Wildman–Crippen MR) is 115 cm³/mol. The van der Waals surface area contributed by atoms with E-state index in [4.69, 9.17) is 27.9 Å². The largest absolute Gasteiger partial charge is 0.476 e. The molecule has 0 atom stereocenters. The molecule has 0 radical (unpaired) electrons. The van der Waals surface area contributed by atoms with Crippen molar-refractivity contribution in [1.82, 2.24) is 19.9 Å². The van der Waals surface area contributed by atoms with Crippen molar-refractivity contribution in [1.29, 1.82) is 0 Å². The molecule has 0 amide bonds. The van der Waals surface area contributed by atoms with Crippen molar-refractivity contribution in [3.8, 4) is 17.1 Å². The van der Waals surface area contributed by atoms with Crippen LogP contribution in [0.3, 0.4) is 0 Å². The average molecular weight is 444 g/mol. The fourth-order valence-electron chi connectivity index (χ4n) is 2.85. The van der Waals surface area contributed by atoms with Crippen LogP contribution < -0.4 is 10.1 Å². The van der Waals surface area contributed by atoms with Gasteiger partial charge in [0.15, 0.2) is 11.2 Å². The van der Waals surface area contributed by atoms with E-state index in [1.165, 1.54) is 12.1 Å². The minimum Gasteiger partial charge on any atom is -0.476 e. The molecule has 4 rings (SSSR count). The zero-order valence-corrected chi connectivity index (χ0v) is 17.4. The third-order valence-corrected chi connectivity index (χ3v) is 4.87. The molecule has 1 N–H and O–H groups in total. The van der Waals surface area contributed by atoms with Crippen LogP contribution in [0.5, 0.6) is 5.88 Å². The average Bonchev–Trinajstić information content (AvgIpc) is 2.74. The van der Waals surface area contributed by atoms with Crippen molar-refractivity contribution >= 4 is 40.3 Å². The first-order chi connectivity index (χ1) is 14.5. The number of nitrogens with one attached hydrogen (secondary N) is 1. The number of ether oxygens (including phenoxy) is 1. The van der Waals surface area contributed by atoms with E-state index >= 15 is 0 Å². The van der Waals surface area contributed by atoms with E-state index in [1.54, 1.807) is 36.5 Å². The Balaban J connectivity index is 1.71. The molecule has 152 valence electrons. The molecule has 4 aromatic rings. The van der Waals surface area contributed by atoms with Crippen LogP contribution in [-0.2, 0) is 6.54 Å². The Morgan fingerprint density at radius 2 is 1.73 bits per heavy atom. The Bertz CT molecular complexity index is 1180. The first kappa shape index (κ1) is 20.3. The molecule has 0 aliphatic carbocycles. The molecule has 6 nitrogen and oxygen atoms in total. The predicted octanol–water partition coefficient (Wildman–Crippen LogP) is 5.54. The standard InChI is InChI=1S/C21H16Cl2FN5O/c1-2-30-20-18-19(25-11-16(27-18)17-14(22)4-3-5-15(17)23)28-21(29-20)26-10-12-6-8-13(24)9-7-12/h3-9,11H,2,10H2,1H3,(H,25,26,28,29). The van der Waals surface area contributed by atoms with E-state index in [0.29, 0.717) is 57.4 Å². The molecule has 0 bridgehead atoms. The fourth-order valence-corrected chi connectivity index (χ4v) is 3.44. The Kier molecular flexibility index (Phi) is 5.92. The highest BCUT2D eigenvalue weighted by atomic mass is 35.5. The van der Waals surface area contributed by atoms with Gasteiger partial charge < -0.3 is 10.1 Å². The number of nitrogens with zero attached hydrogens (tertiary/aromatic N) is 4. The summed E-state index contributed by atoms with van der Waals surface area (Å²) >= 11 is 12.6. The molecule has 30 heavy (non-hydrogen) atoms. The highest BCUT2D eigenvalue weighted by Gasteiger charge is 2.16. The summed E-state index contributed by atoms with van der Waals surface area (Å²) in [6, 6.07) is 11.4. The first-order valence-corrected chi connectivity index (χ1v) is 9.91. The zero-order valence-electron chi connectivity index (χ0n) is 15.9. The van der Waals surface area contributed by atoms with E-state index in [9.17, 15) is 4.39 Å². The summed E-state index contributed by atoms with van der Waals surface area (Å²) in [6.45, 7) is 2.65. The number of rotatable bonds is 6. The smallest absolute Gasteiger partial charge is 0.247 e. The van der Waals surface area contributed by atoms with E-state index in [0.717, 1.165) is 5.56 Å². The number of hydrogen-bond acceptors (Lipinski definition) is 6. The van der Waals surface area contributed by atoms with Crippen LogP contribution >= 0.6 is 23.2 Å². The fraction of sp³-hybridized carbons (Fsp3) is 0.143. The van der Waals surface area contributed by atoms with Gasteiger partial charge in [0, 0.05) is 12.1 Å². The van der Waals surface area contributed by atoms with Crippen molar-refractivity contribution < 1.29 is 9.13 Å². The third-order valence-electron chi connectivity index (χ3n) is 4.24. The maximum atomic E-state index is 13.1. The molecule has 0 aliphatic rings. The molecule has 0 fully saturated rings. The molecule has 2 heterocycles. The van der Waals surface area contributed by atoms with Gasteiger partial charge in [-0.3, -0.25) is 0 Å². The highest BCUT2D eigenvalue weighted by Crippen LogP contribution is 2.34. The lowest BCUT2D eigenvalue weighted by atomic mass is 10.1. The van der Waals surface area contributed by atoms with Crippen LogP contribution in [0, 0.1) is 5.82 Å². The second kappa shape index (κ2) is 8.77. The van der Waals surface area contributed by atoms with Gasteiger partial charge in [-0.15, -0.1) is 0 Å². The second-order valence-electron chi connectivity index (χ2n) is 6.29. The van der Waals surface area contributed by atoms with Gasteiger partial charge in [0.2, 0.25) is 11.8 Å². The summed E-state index contributed by atoms with van der Waals surface area (Å²) in [5, 5.41) is 4.03. The number of hydrogen-bond donors (Lipinski definition) is 1. The SMILES string of the molecule is CCOc1nc(NCc2ccc(F)cc2)nc2ncc(-c3c(Cl)cccc3Cl)nc12. The van der Waals surface area contributed by atoms with Crippen LogP contribution in [-0.4, -0.2) is 26.5 Å². The molecule has 0 saturated heterocycles. The number of fused-ring (bicyclic) bond motifs is 1. The minimum absolute atomic E-state index is 0.288. The lowest BCUT2D eigenvalue weighted by molar-refractivity contribution is 0.330. The Labute approximate surface area is 182 Å². The molecule has 0 saturated carbocycles. The Hall–Kier alpha value is -3.03. The van der Waals surface area contributed by atoms with E-state index < -0.39 is 0 Å². The van der Waals surface area contributed by atoms with Crippen molar-refractivity contribution in [3.63, 3.8) is 0 Å².